The van der Waals surface area contributed by atoms with Gasteiger partial charge in [-0.3, -0.25) is 4.79 Å². The predicted octanol–water partition coefficient (Wildman–Crippen LogP) is 1.78. The average molecular weight is 299 g/mol. The number of hydrogen-bond acceptors (Lipinski definition) is 4. The molecule has 0 saturated carbocycles. The third-order valence-electron chi connectivity index (χ3n) is 4.46. The van der Waals surface area contributed by atoms with E-state index in [1.807, 2.05) is 42.2 Å². The highest BCUT2D eigenvalue weighted by molar-refractivity contribution is 5.83. The lowest BCUT2D eigenvalue weighted by Crippen LogP contribution is -2.41. The van der Waals surface area contributed by atoms with Crippen LogP contribution in [0.2, 0.25) is 0 Å². The lowest BCUT2D eigenvalue weighted by Gasteiger charge is -2.33. The quantitative estimate of drug-likeness (QED) is 0.934. The minimum atomic E-state index is -0.0741. The number of benzene rings is 1. The number of aromatic nitrogens is 4. The van der Waals surface area contributed by atoms with E-state index in [1.165, 1.54) is 0 Å². The third kappa shape index (κ3) is 3.32. The van der Waals surface area contributed by atoms with Crippen LogP contribution in [-0.4, -0.2) is 44.5 Å². The van der Waals surface area contributed by atoms with Crippen LogP contribution in [0.25, 0.3) is 0 Å². The number of piperidine rings is 1. The van der Waals surface area contributed by atoms with Crippen molar-refractivity contribution in [3.05, 3.63) is 41.7 Å². The molecule has 0 spiro atoms. The van der Waals surface area contributed by atoms with Gasteiger partial charge in [0.15, 0.2) is 5.82 Å². The van der Waals surface area contributed by atoms with Crippen LogP contribution < -0.4 is 0 Å². The molecule has 6 heteroatoms. The van der Waals surface area contributed by atoms with Crippen LogP contribution in [0.3, 0.4) is 0 Å². The highest BCUT2D eigenvalue weighted by atomic mass is 16.2. The molecule has 1 N–H and O–H groups in total. The summed E-state index contributed by atoms with van der Waals surface area (Å²) in [7, 11) is 0. The van der Waals surface area contributed by atoms with E-state index in [9.17, 15) is 4.79 Å². The summed E-state index contributed by atoms with van der Waals surface area (Å²) in [5, 5.41) is 14.1. The molecule has 1 saturated heterocycles. The maximum Gasteiger partial charge on any atom is 0.229 e. The maximum atomic E-state index is 12.6. The Morgan fingerprint density at radius 3 is 2.68 bits per heavy atom. The Balaban J connectivity index is 1.53. The second-order valence-corrected chi connectivity index (χ2v) is 5.93. The van der Waals surface area contributed by atoms with Crippen molar-refractivity contribution >= 4 is 5.91 Å². The second-order valence-electron chi connectivity index (χ2n) is 5.93. The molecule has 1 aromatic heterocycles. The number of H-pyrrole nitrogens is 1. The van der Waals surface area contributed by atoms with E-state index in [1.54, 1.807) is 0 Å². The van der Waals surface area contributed by atoms with Crippen molar-refractivity contribution in [1.29, 1.82) is 0 Å². The highest BCUT2D eigenvalue weighted by Gasteiger charge is 2.27. The first-order valence-electron chi connectivity index (χ1n) is 7.80. The molecule has 1 fully saturated rings. The molecule has 22 heavy (non-hydrogen) atoms. The molecule has 1 amide bonds. The standard InChI is InChI=1S/C16H21N5O/c1-12(14-5-3-2-4-6-14)16(22)21-9-7-13(8-10-21)11-15-17-19-20-18-15/h2-6,12-13H,7-11H2,1H3,(H,17,18,19,20). The number of nitrogens with zero attached hydrogens (tertiary/aromatic N) is 4. The van der Waals surface area contributed by atoms with Gasteiger partial charge in [-0.15, -0.1) is 10.2 Å². The Kier molecular flexibility index (Phi) is 4.46. The first-order valence-corrected chi connectivity index (χ1v) is 7.80. The molecule has 1 unspecified atom stereocenters. The number of hydrogen-bond donors (Lipinski definition) is 1. The Bertz CT molecular complexity index is 590. The zero-order chi connectivity index (χ0) is 15.4. The maximum absolute atomic E-state index is 12.6. The fourth-order valence-corrected chi connectivity index (χ4v) is 3.04. The van der Waals surface area contributed by atoms with Crippen molar-refractivity contribution in [2.75, 3.05) is 13.1 Å². The van der Waals surface area contributed by atoms with Gasteiger partial charge in [0, 0.05) is 19.5 Å². The molecule has 116 valence electrons. The zero-order valence-electron chi connectivity index (χ0n) is 12.8. The van der Waals surface area contributed by atoms with E-state index < -0.39 is 0 Å². The second kappa shape index (κ2) is 6.68. The number of tetrazole rings is 1. The summed E-state index contributed by atoms with van der Waals surface area (Å²) < 4.78 is 0. The Morgan fingerprint density at radius 1 is 1.32 bits per heavy atom. The molecule has 1 aromatic carbocycles. The van der Waals surface area contributed by atoms with Gasteiger partial charge in [0.1, 0.15) is 0 Å². The molecule has 0 bridgehead atoms. The van der Waals surface area contributed by atoms with Gasteiger partial charge in [-0.25, -0.2) is 0 Å². The number of likely N-dealkylation sites (tertiary alicyclic amines) is 1. The minimum Gasteiger partial charge on any atom is -0.342 e. The molecule has 1 aliphatic rings. The smallest absolute Gasteiger partial charge is 0.229 e. The summed E-state index contributed by atoms with van der Waals surface area (Å²) in [5.41, 5.74) is 1.08. The largest absolute Gasteiger partial charge is 0.342 e. The normalized spacial score (nSPS) is 17.4. The SMILES string of the molecule is CC(C(=O)N1CCC(Cc2nn[nH]n2)CC1)c1ccccc1. The Morgan fingerprint density at radius 2 is 2.05 bits per heavy atom. The summed E-state index contributed by atoms with van der Waals surface area (Å²) in [6.45, 7) is 3.63. The number of nitrogens with one attached hydrogen (secondary N) is 1. The van der Waals surface area contributed by atoms with Crippen molar-refractivity contribution in [1.82, 2.24) is 25.5 Å². The summed E-state index contributed by atoms with van der Waals surface area (Å²) in [6, 6.07) is 9.98. The summed E-state index contributed by atoms with van der Waals surface area (Å²) in [5.74, 6) is 1.45. The van der Waals surface area contributed by atoms with Crippen molar-refractivity contribution < 1.29 is 4.79 Å². The van der Waals surface area contributed by atoms with Crippen LogP contribution in [-0.2, 0) is 11.2 Å². The van der Waals surface area contributed by atoms with E-state index >= 15 is 0 Å². The van der Waals surface area contributed by atoms with Crippen molar-refractivity contribution in [2.24, 2.45) is 5.92 Å². The molecule has 6 nitrogen and oxygen atoms in total. The number of carbonyl (C=O) groups excluding carboxylic acids is 1. The monoisotopic (exact) mass is 299 g/mol. The van der Waals surface area contributed by atoms with Gasteiger partial charge in [0.05, 0.1) is 5.92 Å². The first kappa shape index (κ1) is 14.7. The topological polar surface area (TPSA) is 74.8 Å². The molecular formula is C16H21N5O. The lowest BCUT2D eigenvalue weighted by molar-refractivity contribution is -0.133. The summed E-state index contributed by atoms with van der Waals surface area (Å²) >= 11 is 0. The number of rotatable bonds is 4. The predicted molar refractivity (Wildman–Crippen MR) is 82.0 cm³/mol. The van der Waals surface area contributed by atoms with Crippen LogP contribution in [0.5, 0.6) is 0 Å². The third-order valence-corrected chi connectivity index (χ3v) is 4.46. The number of carbonyl (C=O) groups is 1. The van der Waals surface area contributed by atoms with Crippen LogP contribution in [0.15, 0.2) is 30.3 Å². The molecule has 0 aliphatic carbocycles. The summed E-state index contributed by atoms with van der Waals surface area (Å²) in [4.78, 5) is 14.6. The fraction of sp³-hybridized carbons (Fsp3) is 0.500. The fourth-order valence-electron chi connectivity index (χ4n) is 3.04. The van der Waals surface area contributed by atoms with Gasteiger partial charge in [-0.1, -0.05) is 35.5 Å². The molecule has 1 aliphatic heterocycles. The van der Waals surface area contributed by atoms with E-state index in [4.69, 9.17) is 0 Å². The lowest BCUT2D eigenvalue weighted by atomic mass is 9.91. The van der Waals surface area contributed by atoms with Gasteiger partial charge in [0.2, 0.25) is 5.91 Å². The number of aromatic amines is 1. The van der Waals surface area contributed by atoms with Gasteiger partial charge < -0.3 is 4.90 Å². The van der Waals surface area contributed by atoms with Crippen LogP contribution >= 0.6 is 0 Å². The van der Waals surface area contributed by atoms with Gasteiger partial charge in [-0.2, -0.15) is 5.21 Å². The number of amides is 1. The van der Waals surface area contributed by atoms with Crippen molar-refractivity contribution in [3.8, 4) is 0 Å². The van der Waals surface area contributed by atoms with Gasteiger partial charge in [-0.05, 0) is 31.2 Å². The van der Waals surface area contributed by atoms with Crippen molar-refractivity contribution in [2.45, 2.75) is 32.1 Å². The highest BCUT2D eigenvalue weighted by Crippen LogP contribution is 2.24. The van der Waals surface area contributed by atoms with E-state index in [0.717, 1.165) is 43.7 Å². The van der Waals surface area contributed by atoms with E-state index in [2.05, 4.69) is 20.6 Å². The van der Waals surface area contributed by atoms with Crippen molar-refractivity contribution in [3.63, 3.8) is 0 Å². The molecule has 0 radical (unpaired) electrons. The molecule has 2 aromatic rings. The van der Waals surface area contributed by atoms with Gasteiger partial charge >= 0.3 is 0 Å². The Hall–Kier alpha value is -2.24. The summed E-state index contributed by atoms with van der Waals surface area (Å²) in [6.07, 6.45) is 2.84. The molecule has 3 rings (SSSR count). The molecule has 2 heterocycles. The molecule has 1 atom stereocenters. The zero-order valence-corrected chi connectivity index (χ0v) is 12.8. The van der Waals surface area contributed by atoms with Crippen LogP contribution in [0, 0.1) is 5.92 Å². The van der Waals surface area contributed by atoms with E-state index in [-0.39, 0.29) is 11.8 Å². The minimum absolute atomic E-state index is 0.0741. The first-order chi connectivity index (χ1) is 10.7. The Labute approximate surface area is 129 Å². The van der Waals surface area contributed by atoms with Gasteiger partial charge in [0.25, 0.3) is 0 Å². The van der Waals surface area contributed by atoms with E-state index in [0.29, 0.717) is 5.92 Å². The van der Waals surface area contributed by atoms with Crippen LogP contribution in [0.1, 0.15) is 37.1 Å². The molecular weight excluding hydrogens is 278 g/mol. The van der Waals surface area contributed by atoms with Crippen LogP contribution in [0.4, 0.5) is 0 Å². The average Bonchev–Trinajstić information content (AvgIpc) is 3.08.